The summed E-state index contributed by atoms with van der Waals surface area (Å²) in [6.07, 6.45) is 3.03. The number of aliphatic hydroxyl groups excluding tert-OH is 1. The van der Waals surface area contributed by atoms with Crippen LogP contribution in [0.15, 0.2) is 11.8 Å². The van der Waals surface area contributed by atoms with Crippen LogP contribution >= 0.6 is 0 Å². The minimum atomic E-state index is -0.453. The van der Waals surface area contributed by atoms with Crippen LogP contribution in [0, 0.1) is 17.3 Å². The Balaban J connectivity index is 2.26. The van der Waals surface area contributed by atoms with Gasteiger partial charge in [-0.25, -0.2) is 0 Å². The van der Waals surface area contributed by atoms with Crippen molar-refractivity contribution in [2.45, 2.75) is 46.8 Å². The minimum absolute atomic E-state index is 0.0320. The summed E-state index contributed by atoms with van der Waals surface area (Å²) in [6.45, 7) is 11.4. The molecule has 0 aromatic rings. The lowest BCUT2D eigenvalue weighted by Gasteiger charge is -2.43. The van der Waals surface area contributed by atoms with Gasteiger partial charge in [0.25, 0.3) is 5.91 Å². The molecule has 1 amide bonds. The van der Waals surface area contributed by atoms with Gasteiger partial charge >= 0.3 is 0 Å². The Bertz CT molecular complexity index is 465. The number of hydrogen-bond donors (Lipinski definition) is 1. The van der Waals surface area contributed by atoms with Crippen LogP contribution < -0.4 is 0 Å². The highest BCUT2D eigenvalue weighted by atomic mass is 16.7. The fourth-order valence-electron chi connectivity index (χ4n) is 3.61. The highest BCUT2D eigenvalue weighted by Crippen LogP contribution is 2.42. The molecule has 2 rings (SSSR count). The van der Waals surface area contributed by atoms with E-state index in [1.54, 1.807) is 4.90 Å². The lowest BCUT2D eigenvalue weighted by Crippen LogP contribution is -2.46. The summed E-state index contributed by atoms with van der Waals surface area (Å²) in [5.41, 5.74) is -0.0320. The van der Waals surface area contributed by atoms with Crippen LogP contribution in [0.2, 0.25) is 0 Å². The molecule has 1 saturated heterocycles. The number of carbonyl (C=O) groups is 1. The Labute approximate surface area is 151 Å². The fraction of sp³-hybridized carbons (Fsp3) is 0.842. The van der Waals surface area contributed by atoms with Crippen LogP contribution in [-0.2, 0) is 19.0 Å². The SMILES string of the molecule is CCO[C@H]1OC(C(=O)N2CCOCC2)=C[C@@H](C(C)(C)C)[C@H]1CCCO. The number of amides is 1. The number of nitrogens with zero attached hydrogens (tertiary/aromatic N) is 1. The Hall–Kier alpha value is -1.11. The van der Waals surface area contributed by atoms with Gasteiger partial charge in [-0.05, 0) is 37.2 Å². The van der Waals surface area contributed by atoms with E-state index in [1.807, 2.05) is 13.0 Å². The van der Waals surface area contributed by atoms with Crippen LogP contribution in [0.1, 0.15) is 40.5 Å². The van der Waals surface area contributed by atoms with Gasteiger partial charge in [-0.1, -0.05) is 20.8 Å². The van der Waals surface area contributed by atoms with Gasteiger partial charge in [0.15, 0.2) is 5.76 Å². The van der Waals surface area contributed by atoms with Crippen LogP contribution in [-0.4, -0.2) is 61.7 Å². The van der Waals surface area contributed by atoms with Crippen molar-refractivity contribution in [1.82, 2.24) is 4.90 Å². The number of aliphatic hydroxyl groups is 1. The Morgan fingerprint density at radius 2 is 2.04 bits per heavy atom. The number of ether oxygens (including phenoxy) is 3. The molecule has 0 saturated carbocycles. The molecule has 2 heterocycles. The Morgan fingerprint density at radius 1 is 1.36 bits per heavy atom. The molecule has 0 radical (unpaired) electrons. The first kappa shape index (κ1) is 20.2. The van der Waals surface area contributed by atoms with Gasteiger partial charge in [0.05, 0.1) is 13.2 Å². The van der Waals surface area contributed by atoms with Gasteiger partial charge in [0.1, 0.15) is 0 Å². The topological polar surface area (TPSA) is 68.2 Å². The zero-order valence-corrected chi connectivity index (χ0v) is 16.0. The largest absolute Gasteiger partial charge is 0.459 e. The summed E-state index contributed by atoms with van der Waals surface area (Å²) in [7, 11) is 0. The first-order chi connectivity index (χ1) is 11.9. The van der Waals surface area contributed by atoms with Crippen LogP contribution in [0.25, 0.3) is 0 Å². The third kappa shape index (κ3) is 5.19. The average Bonchev–Trinajstić information content (AvgIpc) is 2.59. The molecule has 0 aromatic heterocycles. The highest BCUT2D eigenvalue weighted by molar-refractivity contribution is 5.91. The molecule has 3 atom stereocenters. The summed E-state index contributed by atoms with van der Waals surface area (Å²) in [4.78, 5) is 14.7. The van der Waals surface area contributed by atoms with E-state index in [9.17, 15) is 9.90 Å². The maximum Gasteiger partial charge on any atom is 0.288 e. The molecule has 25 heavy (non-hydrogen) atoms. The van der Waals surface area contributed by atoms with Gasteiger partial charge in [-0.2, -0.15) is 0 Å². The second-order valence-electron chi connectivity index (χ2n) is 7.80. The molecule has 1 fully saturated rings. The standard InChI is InChI=1S/C19H33NO5/c1-5-24-18-14(7-6-10-21)15(19(2,3)4)13-16(25-18)17(22)20-8-11-23-12-9-20/h13-15,18,21H,5-12H2,1-4H3/t14-,15-,18+/m1/s1. The van der Waals surface area contributed by atoms with E-state index in [1.165, 1.54) is 0 Å². The zero-order valence-electron chi connectivity index (χ0n) is 16.0. The zero-order chi connectivity index (χ0) is 18.4. The van der Waals surface area contributed by atoms with Gasteiger partial charge in [-0.3, -0.25) is 4.79 Å². The maximum atomic E-state index is 12.9. The molecular weight excluding hydrogens is 322 g/mol. The number of carbonyl (C=O) groups excluding carboxylic acids is 1. The van der Waals surface area contributed by atoms with Crippen molar-refractivity contribution in [3.05, 3.63) is 11.8 Å². The molecule has 0 unspecified atom stereocenters. The minimum Gasteiger partial charge on any atom is -0.459 e. The molecule has 144 valence electrons. The van der Waals surface area contributed by atoms with E-state index in [2.05, 4.69) is 20.8 Å². The molecule has 2 aliphatic rings. The molecule has 0 aromatic carbocycles. The van der Waals surface area contributed by atoms with E-state index >= 15 is 0 Å². The van der Waals surface area contributed by atoms with Crippen LogP contribution in [0.3, 0.4) is 0 Å². The smallest absolute Gasteiger partial charge is 0.288 e. The van der Waals surface area contributed by atoms with Gasteiger partial charge in [0, 0.05) is 32.2 Å². The van der Waals surface area contributed by atoms with Crippen molar-refractivity contribution in [3.8, 4) is 0 Å². The van der Waals surface area contributed by atoms with Crippen molar-refractivity contribution in [3.63, 3.8) is 0 Å². The van der Waals surface area contributed by atoms with E-state index in [4.69, 9.17) is 14.2 Å². The van der Waals surface area contributed by atoms with Crippen molar-refractivity contribution >= 4 is 5.91 Å². The maximum absolute atomic E-state index is 12.9. The second kappa shape index (κ2) is 9.01. The van der Waals surface area contributed by atoms with Gasteiger partial charge in [-0.15, -0.1) is 0 Å². The number of hydrogen-bond acceptors (Lipinski definition) is 5. The van der Waals surface area contributed by atoms with Crippen molar-refractivity contribution in [1.29, 1.82) is 0 Å². The third-order valence-corrected chi connectivity index (χ3v) is 4.92. The summed E-state index contributed by atoms with van der Waals surface area (Å²) in [5, 5.41) is 9.24. The molecule has 0 bridgehead atoms. The van der Waals surface area contributed by atoms with E-state index in [-0.39, 0.29) is 29.8 Å². The fourth-order valence-corrected chi connectivity index (χ4v) is 3.61. The first-order valence-electron chi connectivity index (χ1n) is 9.36. The summed E-state index contributed by atoms with van der Waals surface area (Å²) < 4.78 is 17.2. The second-order valence-corrected chi connectivity index (χ2v) is 7.80. The van der Waals surface area contributed by atoms with E-state index in [0.717, 1.165) is 6.42 Å². The van der Waals surface area contributed by atoms with Crippen molar-refractivity contribution in [2.24, 2.45) is 17.3 Å². The lowest BCUT2D eigenvalue weighted by atomic mass is 9.70. The highest BCUT2D eigenvalue weighted by Gasteiger charge is 2.42. The van der Waals surface area contributed by atoms with Gasteiger partial charge < -0.3 is 24.2 Å². The lowest BCUT2D eigenvalue weighted by molar-refractivity contribution is -0.183. The predicted molar refractivity (Wildman–Crippen MR) is 94.7 cm³/mol. The first-order valence-corrected chi connectivity index (χ1v) is 9.36. The number of rotatable bonds is 6. The Morgan fingerprint density at radius 3 is 2.60 bits per heavy atom. The summed E-state index contributed by atoms with van der Waals surface area (Å²) in [5.74, 6) is 0.570. The Kier molecular flexibility index (Phi) is 7.28. The number of morpholine rings is 1. The molecular formula is C19H33NO5. The van der Waals surface area contributed by atoms with Crippen LogP contribution in [0.4, 0.5) is 0 Å². The molecule has 0 aliphatic carbocycles. The predicted octanol–water partition coefficient (Wildman–Crippen LogP) is 2.17. The van der Waals surface area contributed by atoms with Crippen LogP contribution in [0.5, 0.6) is 0 Å². The molecule has 0 spiro atoms. The quantitative estimate of drug-likeness (QED) is 0.791. The summed E-state index contributed by atoms with van der Waals surface area (Å²) >= 11 is 0. The van der Waals surface area contributed by atoms with Gasteiger partial charge in [0.2, 0.25) is 6.29 Å². The molecule has 2 aliphatic heterocycles. The number of allylic oxidation sites excluding steroid dienone is 1. The van der Waals surface area contributed by atoms with Crippen molar-refractivity contribution < 1.29 is 24.1 Å². The monoisotopic (exact) mass is 355 g/mol. The van der Waals surface area contributed by atoms with E-state index in [0.29, 0.717) is 45.1 Å². The molecule has 6 heteroatoms. The normalized spacial score (nSPS) is 27.6. The third-order valence-electron chi connectivity index (χ3n) is 4.92. The average molecular weight is 355 g/mol. The molecule has 1 N–H and O–H groups in total. The summed E-state index contributed by atoms with van der Waals surface area (Å²) in [6, 6.07) is 0. The van der Waals surface area contributed by atoms with Crippen molar-refractivity contribution in [2.75, 3.05) is 39.5 Å². The van der Waals surface area contributed by atoms with E-state index < -0.39 is 6.29 Å². The molecule has 6 nitrogen and oxygen atoms in total.